The van der Waals surface area contributed by atoms with E-state index in [0.29, 0.717) is 11.3 Å². The van der Waals surface area contributed by atoms with E-state index < -0.39 is 0 Å². The molecule has 0 amide bonds. The molecule has 0 radical (unpaired) electrons. The molecule has 4 aromatic rings. The Bertz CT molecular complexity index is 770. The normalized spacial score (nSPS) is 11.3. The van der Waals surface area contributed by atoms with Crippen LogP contribution >= 0.6 is 0 Å². The molecule has 0 aliphatic rings. The first-order valence-electron chi connectivity index (χ1n) is 5.64. The first-order valence-corrected chi connectivity index (χ1v) is 5.64. The van der Waals surface area contributed by atoms with Crippen LogP contribution in [0.15, 0.2) is 43.0 Å². The summed E-state index contributed by atoms with van der Waals surface area (Å²) >= 11 is 0. The molecule has 5 heteroatoms. The first kappa shape index (κ1) is 9.35. The second kappa shape index (κ2) is 3.40. The van der Waals surface area contributed by atoms with Crippen LogP contribution in [0.3, 0.4) is 0 Å². The molecule has 4 rings (SSSR count). The second-order valence-corrected chi connectivity index (χ2v) is 4.11. The summed E-state index contributed by atoms with van der Waals surface area (Å²) in [5.41, 5.74) is 4.36. The quantitative estimate of drug-likeness (QED) is 0.532. The maximum absolute atomic E-state index is 4.51. The zero-order chi connectivity index (χ0) is 11.9. The lowest BCUT2D eigenvalue weighted by molar-refractivity contribution is 1.26. The van der Waals surface area contributed by atoms with Crippen molar-refractivity contribution in [3.8, 4) is 11.3 Å². The van der Waals surface area contributed by atoms with E-state index >= 15 is 0 Å². The van der Waals surface area contributed by atoms with Gasteiger partial charge < -0.3 is 9.97 Å². The van der Waals surface area contributed by atoms with Crippen LogP contribution in [0.2, 0.25) is 0 Å². The molecule has 3 aromatic heterocycles. The number of aromatic amines is 2. The maximum atomic E-state index is 4.51. The molecule has 3 heterocycles. The van der Waals surface area contributed by atoms with Gasteiger partial charge in [-0.15, -0.1) is 0 Å². The van der Waals surface area contributed by atoms with Crippen LogP contribution in [0.5, 0.6) is 0 Å². The van der Waals surface area contributed by atoms with Crippen LogP contribution in [0, 0.1) is 0 Å². The Kier molecular flexibility index (Phi) is 1.77. The lowest BCUT2D eigenvalue weighted by Gasteiger charge is -2.00. The minimum absolute atomic E-state index is 0.640. The minimum Gasteiger partial charge on any atom is -0.361 e. The second-order valence-electron chi connectivity index (χ2n) is 4.11. The molecule has 0 bridgehead atoms. The van der Waals surface area contributed by atoms with Gasteiger partial charge in [-0.25, -0.2) is 15.0 Å². The Hall–Kier alpha value is -2.69. The average Bonchev–Trinajstić information content (AvgIpc) is 3.05. The molecule has 18 heavy (non-hydrogen) atoms. The SMILES string of the molecule is c1cc2cc(-c3cnc4nc[nH]c4n3)ccc2[nH]1. The number of aromatic nitrogens is 5. The van der Waals surface area contributed by atoms with Gasteiger partial charge in [0.2, 0.25) is 0 Å². The molecule has 0 aliphatic heterocycles. The molecule has 0 aliphatic carbocycles. The third-order valence-electron chi connectivity index (χ3n) is 2.99. The summed E-state index contributed by atoms with van der Waals surface area (Å²) < 4.78 is 0. The smallest absolute Gasteiger partial charge is 0.197 e. The fourth-order valence-corrected chi connectivity index (χ4v) is 2.08. The van der Waals surface area contributed by atoms with E-state index in [2.05, 4.69) is 31.0 Å². The Balaban J connectivity index is 1.93. The molecule has 0 saturated carbocycles. The highest BCUT2D eigenvalue weighted by atomic mass is 15.0. The molecule has 86 valence electrons. The predicted molar refractivity (Wildman–Crippen MR) is 69.0 cm³/mol. The van der Waals surface area contributed by atoms with Gasteiger partial charge in [-0.2, -0.15) is 0 Å². The van der Waals surface area contributed by atoms with Crippen molar-refractivity contribution in [1.29, 1.82) is 0 Å². The lowest BCUT2D eigenvalue weighted by Crippen LogP contribution is -1.87. The third-order valence-corrected chi connectivity index (χ3v) is 2.99. The van der Waals surface area contributed by atoms with Gasteiger partial charge in [-0.05, 0) is 18.2 Å². The van der Waals surface area contributed by atoms with Crippen molar-refractivity contribution >= 4 is 22.2 Å². The number of hydrogen-bond donors (Lipinski definition) is 2. The largest absolute Gasteiger partial charge is 0.361 e. The lowest BCUT2D eigenvalue weighted by atomic mass is 10.1. The highest BCUT2D eigenvalue weighted by molar-refractivity contribution is 5.84. The molecular formula is C13H9N5. The molecule has 0 unspecified atom stereocenters. The third kappa shape index (κ3) is 1.31. The van der Waals surface area contributed by atoms with Gasteiger partial charge in [-0.1, -0.05) is 6.07 Å². The molecule has 5 nitrogen and oxygen atoms in total. The number of nitrogens with one attached hydrogen (secondary N) is 2. The monoisotopic (exact) mass is 235 g/mol. The van der Waals surface area contributed by atoms with Crippen molar-refractivity contribution in [2.24, 2.45) is 0 Å². The number of imidazole rings is 1. The molecule has 2 N–H and O–H groups in total. The van der Waals surface area contributed by atoms with E-state index in [1.807, 2.05) is 24.4 Å². The fourth-order valence-electron chi connectivity index (χ4n) is 2.08. The van der Waals surface area contributed by atoms with Gasteiger partial charge in [0.15, 0.2) is 11.3 Å². The Labute approximate surface area is 102 Å². The van der Waals surface area contributed by atoms with Crippen LogP contribution < -0.4 is 0 Å². The number of hydrogen-bond acceptors (Lipinski definition) is 3. The Morgan fingerprint density at radius 3 is 3.00 bits per heavy atom. The number of benzene rings is 1. The molecule has 0 spiro atoms. The Morgan fingerprint density at radius 2 is 2.00 bits per heavy atom. The van der Waals surface area contributed by atoms with E-state index in [4.69, 9.17) is 0 Å². The van der Waals surface area contributed by atoms with Crippen molar-refractivity contribution in [2.45, 2.75) is 0 Å². The van der Waals surface area contributed by atoms with Gasteiger partial charge in [0.1, 0.15) is 0 Å². The van der Waals surface area contributed by atoms with Crippen LogP contribution in [0.1, 0.15) is 0 Å². The summed E-state index contributed by atoms with van der Waals surface area (Å²) in [5.74, 6) is 0. The summed E-state index contributed by atoms with van der Waals surface area (Å²) in [5, 5.41) is 1.17. The number of nitrogens with zero attached hydrogens (tertiary/aromatic N) is 3. The molecule has 0 saturated heterocycles. The molecular weight excluding hydrogens is 226 g/mol. The summed E-state index contributed by atoms with van der Waals surface area (Å²) in [4.78, 5) is 19.0. The summed E-state index contributed by atoms with van der Waals surface area (Å²) in [7, 11) is 0. The maximum Gasteiger partial charge on any atom is 0.197 e. The van der Waals surface area contributed by atoms with Gasteiger partial charge >= 0.3 is 0 Å². The van der Waals surface area contributed by atoms with Crippen LogP contribution in [0.25, 0.3) is 33.5 Å². The summed E-state index contributed by atoms with van der Waals surface area (Å²) in [6.45, 7) is 0. The van der Waals surface area contributed by atoms with E-state index in [0.717, 1.165) is 16.8 Å². The van der Waals surface area contributed by atoms with Crippen molar-refractivity contribution < 1.29 is 0 Å². The van der Waals surface area contributed by atoms with Crippen molar-refractivity contribution in [2.75, 3.05) is 0 Å². The highest BCUT2D eigenvalue weighted by Crippen LogP contribution is 2.22. The molecule has 1 aromatic carbocycles. The average molecular weight is 235 g/mol. The van der Waals surface area contributed by atoms with E-state index in [-0.39, 0.29) is 0 Å². The van der Waals surface area contributed by atoms with Crippen LogP contribution in [-0.2, 0) is 0 Å². The fraction of sp³-hybridized carbons (Fsp3) is 0. The first-order chi connectivity index (χ1) is 8.90. The van der Waals surface area contributed by atoms with Gasteiger partial charge in [0, 0.05) is 22.7 Å². The van der Waals surface area contributed by atoms with Gasteiger partial charge in [0.25, 0.3) is 0 Å². The number of fused-ring (bicyclic) bond motifs is 2. The van der Waals surface area contributed by atoms with E-state index in [1.165, 1.54) is 5.39 Å². The molecule has 0 atom stereocenters. The highest BCUT2D eigenvalue weighted by Gasteiger charge is 2.05. The van der Waals surface area contributed by atoms with Gasteiger partial charge in [0.05, 0.1) is 18.2 Å². The van der Waals surface area contributed by atoms with E-state index in [1.54, 1.807) is 12.5 Å². The number of rotatable bonds is 1. The number of H-pyrrole nitrogens is 2. The van der Waals surface area contributed by atoms with Crippen molar-refractivity contribution in [1.82, 2.24) is 24.9 Å². The predicted octanol–water partition coefficient (Wildman–Crippen LogP) is 2.50. The standard InChI is InChI=1S/C13H9N5/c1-2-10-9(3-4-14-10)5-8(1)11-6-15-12-13(18-11)17-7-16-12/h1-7,14H,(H,15,16,17,18). The molecule has 0 fully saturated rings. The zero-order valence-corrected chi connectivity index (χ0v) is 9.38. The van der Waals surface area contributed by atoms with Crippen molar-refractivity contribution in [3.05, 3.63) is 43.0 Å². The Morgan fingerprint density at radius 1 is 1.00 bits per heavy atom. The van der Waals surface area contributed by atoms with E-state index in [9.17, 15) is 0 Å². The summed E-state index contributed by atoms with van der Waals surface area (Å²) in [6, 6.07) is 8.22. The minimum atomic E-state index is 0.640. The topological polar surface area (TPSA) is 70.2 Å². The summed E-state index contributed by atoms with van der Waals surface area (Å²) in [6.07, 6.45) is 5.28. The van der Waals surface area contributed by atoms with Crippen LogP contribution in [-0.4, -0.2) is 24.9 Å². The van der Waals surface area contributed by atoms with Crippen molar-refractivity contribution in [3.63, 3.8) is 0 Å². The van der Waals surface area contributed by atoms with Gasteiger partial charge in [-0.3, -0.25) is 0 Å². The van der Waals surface area contributed by atoms with Crippen LogP contribution in [0.4, 0.5) is 0 Å². The zero-order valence-electron chi connectivity index (χ0n) is 9.38.